The largest absolute Gasteiger partial charge is 0.264 e. The van der Waals surface area contributed by atoms with Gasteiger partial charge >= 0.3 is 56.6 Å². The van der Waals surface area contributed by atoms with Gasteiger partial charge in [-0.1, -0.05) is 267 Å². The van der Waals surface area contributed by atoms with E-state index in [-0.39, 0.29) is 0 Å². The Morgan fingerprint density at radius 2 is 0.300 bits per heavy atom. The van der Waals surface area contributed by atoms with Gasteiger partial charge in [-0.05, 0) is 98.4 Å². The Kier molecular flexibility index (Phi) is 28.1. The smallest absolute Gasteiger partial charge is 0.0351 e. The zero-order valence-corrected chi connectivity index (χ0v) is 51.9. The van der Waals surface area contributed by atoms with Crippen LogP contribution in [0.4, 0.5) is 0 Å². The molecule has 12 heteroatoms. The predicted molar refractivity (Wildman–Crippen MR) is 350 cm³/mol. The Bertz CT molecular complexity index is 2620. The third kappa shape index (κ3) is 19.1. The van der Waals surface area contributed by atoms with E-state index in [4.69, 9.17) is 0 Å². The molecule has 0 saturated heterocycles. The molecule has 0 saturated carbocycles. The van der Waals surface area contributed by atoms with Gasteiger partial charge < -0.3 is 0 Å². The second kappa shape index (κ2) is 36.4. The van der Waals surface area contributed by atoms with E-state index < -0.39 is 31.7 Å². The van der Waals surface area contributed by atoms with Gasteiger partial charge in [0.05, 0.1) is 0 Å². The van der Waals surface area contributed by atoms with E-state index in [1.807, 2.05) is 73.8 Å². The minimum absolute atomic E-state index is 0.508. The molecular weight excluding hydrogens is 1280 g/mol. The van der Waals surface area contributed by atoms with Crippen LogP contribution in [0.3, 0.4) is 0 Å². The normalized spacial score (nSPS) is 10.2. The van der Waals surface area contributed by atoms with Gasteiger partial charge in [-0.3, -0.25) is 19.9 Å². The maximum Gasteiger partial charge on any atom is 0.0351 e. The van der Waals surface area contributed by atoms with Gasteiger partial charge in [0.1, 0.15) is 0 Å². The Labute approximate surface area is 508 Å². The first kappa shape index (κ1) is 61.7. The molecule has 4 nitrogen and oxygen atoms in total. The SMILES string of the molecule is [Cu][Br].[Cu][Br].c1ccc(P(c2ccccc2)c2cccnc2)cc1.c1ccc(P(c2ccccc2)c2cccnc2)cc1.c1ccc(P(c2ccccc2)c2cccnc2)cc1.c1ccc(P(c2ccccc2)c2cccnc2)cc1. The molecule has 0 fully saturated rings. The Morgan fingerprint density at radius 3 is 0.412 bits per heavy atom. The van der Waals surface area contributed by atoms with Crippen LogP contribution in [0.5, 0.6) is 0 Å². The van der Waals surface area contributed by atoms with Crippen LogP contribution in [-0.2, 0) is 28.4 Å². The van der Waals surface area contributed by atoms with E-state index in [9.17, 15) is 0 Å². The maximum absolute atomic E-state index is 4.27. The van der Waals surface area contributed by atoms with Crippen LogP contribution in [0.25, 0.3) is 0 Å². The van der Waals surface area contributed by atoms with E-state index in [1.54, 1.807) is 0 Å². The van der Waals surface area contributed by atoms with Crippen molar-refractivity contribution in [1.82, 2.24) is 19.9 Å². The fourth-order valence-corrected chi connectivity index (χ4v) is 17.4. The van der Waals surface area contributed by atoms with Crippen molar-refractivity contribution in [2.75, 3.05) is 0 Å². The minimum Gasteiger partial charge on any atom is -0.264 e. The summed E-state index contributed by atoms with van der Waals surface area (Å²) in [5.41, 5.74) is 0. The summed E-state index contributed by atoms with van der Waals surface area (Å²) in [5, 5.41) is 16.0. The topological polar surface area (TPSA) is 51.6 Å². The van der Waals surface area contributed by atoms with Crippen molar-refractivity contribution >= 4 is 124 Å². The van der Waals surface area contributed by atoms with E-state index in [1.165, 1.54) is 63.7 Å². The summed E-state index contributed by atoms with van der Waals surface area (Å²) < 4.78 is 0. The molecule has 8 aromatic carbocycles. The van der Waals surface area contributed by atoms with Crippen LogP contribution in [-0.4, -0.2) is 19.9 Å². The Morgan fingerprint density at radius 1 is 0.175 bits per heavy atom. The van der Waals surface area contributed by atoms with Gasteiger partial charge in [0.25, 0.3) is 0 Å². The summed E-state index contributed by atoms with van der Waals surface area (Å²) in [6, 6.07) is 102. The number of hydrogen-bond acceptors (Lipinski definition) is 4. The van der Waals surface area contributed by atoms with Crippen molar-refractivity contribution in [3.8, 4) is 0 Å². The van der Waals surface area contributed by atoms with Crippen LogP contribution < -0.4 is 63.7 Å². The van der Waals surface area contributed by atoms with Gasteiger partial charge in [-0.2, -0.15) is 0 Å². The molecule has 0 aliphatic carbocycles. The molecular formula is C68H56Br2Cu2N4P4. The first-order valence-electron chi connectivity index (χ1n) is 25.2. The Balaban J connectivity index is 0.000000151. The average molecular weight is 1340 g/mol. The zero-order valence-electron chi connectivity index (χ0n) is 43.3. The van der Waals surface area contributed by atoms with Crippen molar-refractivity contribution in [1.29, 1.82) is 0 Å². The molecule has 404 valence electrons. The zero-order chi connectivity index (χ0) is 55.7. The molecule has 0 atom stereocenters. The third-order valence-corrected chi connectivity index (χ3v) is 21.4. The minimum atomic E-state index is -0.508. The quantitative estimate of drug-likeness (QED) is 0.0904. The van der Waals surface area contributed by atoms with Gasteiger partial charge in [-0.15, -0.1) is 0 Å². The average Bonchev–Trinajstić information content (AvgIpc) is 3.57. The van der Waals surface area contributed by atoms with Crippen LogP contribution >= 0.6 is 59.9 Å². The summed E-state index contributed by atoms with van der Waals surface area (Å²) in [7, 11) is -2.03. The van der Waals surface area contributed by atoms with E-state index >= 15 is 0 Å². The van der Waals surface area contributed by atoms with E-state index in [0.29, 0.717) is 0 Å². The fraction of sp³-hybridized carbons (Fsp3) is 0. The summed E-state index contributed by atoms with van der Waals surface area (Å²) in [6.07, 6.45) is 15.2. The van der Waals surface area contributed by atoms with Crippen molar-refractivity contribution in [3.05, 3.63) is 341 Å². The fourth-order valence-electron chi connectivity index (χ4n) is 8.35. The number of nitrogens with zero attached hydrogens (tertiary/aromatic N) is 4. The van der Waals surface area contributed by atoms with Crippen LogP contribution in [0.2, 0.25) is 0 Å². The molecule has 4 heterocycles. The first-order chi connectivity index (χ1) is 39.8. The summed E-state index contributed by atoms with van der Waals surface area (Å²) in [5.74, 6) is 0. The molecule has 12 rings (SSSR count). The molecule has 0 spiro atoms. The van der Waals surface area contributed by atoms with Crippen molar-refractivity contribution in [3.63, 3.8) is 0 Å². The third-order valence-electron chi connectivity index (χ3n) is 11.7. The second-order valence-electron chi connectivity index (χ2n) is 16.9. The van der Waals surface area contributed by atoms with Crippen molar-refractivity contribution in [2.45, 2.75) is 0 Å². The molecule has 0 bridgehead atoms. The van der Waals surface area contributed by atoms with Crippen LogP contribution in [0.15, 0.2) is 341 Å². The summed E-state index contributed by atoms with van der Waals surface area (Å²) >= 11 is 13.0. The molecule has 0 aliphatic heterocycles. The number of hydrogen-bond donors (Lipinski definition) is 0. The molecule has 0 unspecified atom stereocenters. The molecule has 0 amide bonds. The molecule has 0 radical (unpaired) electrons. The maximum atomic E-state index is 4.27. The van der Waals surface area contributed by atoms with Crippen molar-refractivity contribution in [2.24, 2.45) is 0 Å². The summed E-state index contributed by atoms with van der Waals surface area (Å²) in [6.45, 7) is 0. The number of aromatic nitrogens is 4. The van der Waals surface area contributed by atoms with Gasteiger partial charge in [0.2, 0.25) is 0 Å². The second-order valence-corrected chi connectivity index (χ2v) is 25.8. The standard InChI is InChI=1S/4C17H14NP.2BrH.2Cu/c4*1-3-8-15(9-4-1)19(16-10-5-2-6-11-16)17-12-7-13-18-14-17;;;;/h4*1-14H;2*1H;;/q;;;;;;2*+1/p-2. The molecule has 0 aliphatic rings. The molecule has 4 aromatic heterocycles. The molecule has 0 N–H and O–H groups in total. The van der Waals surface area contributed by atoms with Crippen LogP contribution in [0.1, 0.15) is 0 Å². The van der Waals surface area contributed by atoms with Gasteiger partial charge in [0.15, 0.2) is 0 Å². The molecule has 80 heavy (non-hydrogen) atoms. The summed E-state index contributed by atoms with van der Waals surface area (Å²) in [4.78, 5) is 17.1. The Hall–Kier alpha value is -5.92. The van der Waals surface area contributed by atoms with E-state index in [2.05, 4.69) is 343 Å². The number of rotatable bonds is 12. The predicted octanol–water partition coefficient (Wildman–Crippen LogP) is 13.0. The van der Waals surface area contributed by atoms with Crippen molar-refractivity contribution < 1.29 is 28.4 Å². The number of pyridine rings is 4. The van der Waals surface area contributed by atoms with E-state index in [0.717, 1.165) is 0 Å². The first-order valence-corrected chi connectivity index (χ1v) is 35.3. The van der Waals surface area contributed by atoms with Gasteiger partial charge in [-0.25, -0.2) is 0 Å². The number of halogens is 2. The molecule has 12 aromatic rings. The van der Waals surface area contributed by atoms with Crippen LogP contribution in [0, 0.1) is 0 Å². The monoisotopic (exact) mass is 1340 g/mol. The number of benzene rings is 8. The van der Waals surface area contributed by atoms with Gasteiger partial charge in [0, 0.05) is 70.8 Å².